The van der Waals surface area contributed by atoms with Crippen molar-refractivity contribution in [3.63, 3.8) is 0 Å². The number of hydrogen-bond donors (Lipinski definition) is 0. The molecule has 0 spiro atoms. The fraction of sp³-hybridized carbons (Fsp3) is 0.667. The molecule has 0 aromatic heterocycles. The molecule has 0 radical (unpaired) electrons. The van der Waals surface area contributed by atoms with Crippen molar-refractivity contribution in [2.45, 2.75) is 19.6 Å². The van der Waals surface area contributed by atoms with Crippen molar-refractivity contribution in [3.05, 3.63) is 27.3 Å². The van der Waals surface area contributed by atoms with Crippen molar-refractivity contribution in [2.75, 3.05) is 20.3 Å². The van der Waals surface area contributed by atoms with Gasteiger partial charge in [-0.25, -0.2) is 0 Å². The van der Waals surface area contributed by atoms with Gasteiger partial charge in [0.2, 0.25) is 0 Å². The highest BCUT2D eigenvalue weighted by atomic mass is 31.2. The third kappa shape index (κ3) is 3.52. The summed E-state index contributed by atoms with van der Waals surface area (Å²) < 4.78 is 27.5. The topological polar surface area (TPSA) is 114 Å². The summed E-state index contributed by atoms with van der Waals surface area (Å²) in [6.45, 7) is 3.37. The van der Waals surface area contributed by atoms with Crippen LogP contribution in [-0.4, -0.2) is 37.1 Å². The summed E-state index contributed by atoms with van der Waals surface area (Å²) in [4.78, 5) is 13.9. The molecule has 1 aliphatic heterocycles. The Morgan fingerprint density at radius 2 is 2.05 bits per heavy atom. The van der Waals surface area contributed by atoms with Crippen LogP contribution in [0.2, 0.25) is 0 Å². The first-order valence-corrected chi connectivity index (χ1v) is 7.15. The van der Waals surface area contributed by atoms with Crippen LogP contribution < -0.4 is 0 Å². The van der Waals surface area contributed by atoms with Gasteiger partial charge in [0.15, 0.2) is 5.78 Å². The Morgan fingerprint density at radius 1 is 1.47 bits per heavy atom. The molecule has 108 valence electrons. The third-order valence-electron chi connectivity index (χ3n) is 2.12. The van der Waals surface area contributed by atoms with Crippen LogP contribution in [0.3, 0.4) is 0 Å². The minimum absolute atomic E-state index is 0.0771. The highest BCUT2D eigenvalue weighted by Gasteiger charge is 2.42. The normalized spacial score (nSPS) is 19.2. The molecular formula is C9H15N3O6P-. The van der Waals surface area contributed by atoms with E-state index in [9.17, 15) is 14.7 Å². The zero-order valence-corrected chi connectivity index (χ0v) is 11.7. The summed E-state index contributed by atoms with van der Waals surface area (Å²) in [6, 6.07) is -0.116. The zero-order valence-electron chi connectivity index (χ0n) is 10.8. The minimum Gasteiger partial charge on any atom is -0.504 e. The maximum Gasteiger partial charge on any atom is 0.343 e. The van der Waals surface area contributed by atoms with Crippen molar-refractivity contribution >= 4 is 13.6 Å². The lowest BCUT2D eigenvalue weighted by molar-refractivity contribution is -0.426. The summed E-state index contributed by atoms with van der Waals surface area (Å²) in [5, 5.41) is 14.8. The molecule has 0 fully saturated rings. The van der Waals surface area contributed by atoms with E-state index in [0.29, 0.717) is 0 Å². The van der Waals surface area contributed by atoms with Crippen LogP contribution in [0, 0.1) is 10.1 Å². The predicted octanol–water partition coefficient (Wildman–Crippen LogP) is 2.09. The number of rotatable bonds is 6. The lowest BCUT2D eigenvalue weighted by Crippen LogP contribution is -2.25. The molecule has 1 atom stereocenters. The van der Waals surface area contributed by atoms with E-state index in [-0.39, 0.29) is 19.2 Å². The van der Waals surface area contributed by atoms with Crippen LogP contribution in [-0.2, 0) is 18.3 Å². The van der Waals surface area contributed by atoms with Gasteiger partial charge in [-0.05, 0) is 20.0 Å². The molecule has 0 aromatic carbocycles. The maximum absolute atomic E-state index is 12.6. The lowest BCUT2D eigenvalue weighted by Gasteiger charge is -2.32. The van der Waals surface area contributed by atoms with Crippen LogP contribution in [0.15, 0.2) is 16.9 Å². The first kappa shape index (κ1) is 15.6. The van der Waals surface area contributed by atoms with Crippen LogP contribution in [0.1, 0.15) is 13.8 Å². The van der Waals surface area contributed by atoms with Crippen LogP contribution in [0.25, 0.3) is 5.32 Å². The Kier molecular flexibility index (Phi) is 5.46. The molecule has 0 saturated heterocycles. The van der Waals surface area contributed by atoms with Gasteiger partial charge in [0.25, 0.3) is 5.70 Å². The second kappa shape index (κ2) is 6.65. The monoisotopic (exact) mass is 292 g/mol. The molecule has 1 heterocycles. The highest BCUT2D eigenvalue weighted by molar-refractivity contribution is 7.55. The number of amidine groups is 1. The molecule has 0 aromatic rings. The Hall–Kier alpha value is -1.44. The summed E-state index contributed by atoms with van der Waals surface area (Å²) >= 11 is 0. The number of aliphatic imine (C=N–C) groups is 1. The number of nitrogens with zero attached hydrogens (tertiary/aromatic N) is 3. The molecular weight excluding hydrogens is 277 g/mol. The van der Waals surface area contributed by atoms with E-state index in [0.717, 1.165) is 6.20 Å². The van der Waals surface area contributed by atoms with Gasteiger partial charge in [-0.1, -0.05) is 0 Å². The molecule has 19 heavy (non-hydrogen) atoms. The molecule has 9 nitrogen and oxygen atoms in total. The smallest absolute Gasteiger partial charge is 0.343 e. The molecule has 1 unspecified atom stereocenters. The largest absolute Gasteiger partial charge is 0.504 e. The molecule has 1 rings (SSSR count). The molecule has 1 aliphatic rings. The van der Waals surface area contributed by atoms with Crippen molar-refractivity contribution in [2.24, 2.45) is 4.99 Å². The van der Waals surface area contributed by atoms with Gasteiger partial charge in [0, 0.05) is 0 Å². The first-order chi connectivity index (χ1) is 8.98. The quantitative estimate of drug-likeness (QED) is 0.420. The summed E-state index contributed by atoms with van der Waals surface area (Å²) in [6.07, 6.45) is 0.946. The summed E-state index contributed by atoms with van der Waals surface area (Å²) in [5.74, 6) is -1.38. The number of ether oxygens (including phenoxy) is 1. The molecule has 0 bridgehead atoms. The minimum atomic E-state index is -3.79. The first-order valence-electron chi connectivity index (χ1n) is 5.54. The van der Waals surface area contributed by atoms with Crippen molar-refractivity contribution in [1.82, 2.24) is 0 Å². The van der Waals surface area contributed by atoms with E-state index < -0.39 is 24.0 Å². The highest BCUT2D eigenvalue weighted by Crippen LogP contribution is 2.58. The number of nitro groups is 1. The fourth-order valence-electron chi connectivity index (χ4n) is 1.41. The summed E-state index contributed by atoms with van der Waals surface area (Å²) in [7, 11) is -2.49. The second-order valence-corrected chi connectivity index (χ2v) is 5.39. The lowest BCUT2D eigenvalue weighted by atomic mass is 10.4. The molecule has 0 aliphatic carbocycles. The van der Waals surface area contributed by atoms with Crippen molar-refractivity contribution in [1.29, 1.82) is 0 Å². The maximum atomic E-state index is 12.6. The predicted molar refractivity (Wildman–Crippen MR) is 67.5 cm³/mol. The SMILES string of the molecule is CCOP(=O)(OCC)C1[N-]C(OC)=NC=C1[N+](=O)[O-]. The molecule has 0 saturated carbocycles. The summed E-state index contributed by atoms with van der Waals surface area (Å²) in [5.41, 5.74) is -0.453. The van der Waals surface area contributed by atoms with Crippen LogP contribution >= 0.6 is 7.60 Å². The average molecular weight is 292 g/mol. The van der Waals surface area contributed by atoms with E-state index >= 15 is 0 Å². The van der Waals surface area contributed by atoms with Gasteiger partial charge in [-0.15, -0.1) is 0 Å². The van der Waals surface area contributed by atoms with Crippen molar-refractivity contribution < 1.29 is 23.3 Å². The number of hydrogen-bond acceptors (Lipinski definition) is 7. The molecule has 0 N–H and O–H groups in total. The van der Waals surface area contributed by atoms with Crippen LogP contribution in [0.4, 0.5) is 0 Å². The standard InChI is InChI=1S/C9H15N3O6P/c1-4-17-19(15,18-5-2)8-7(12(13)14)6-10-9(11-8)16-3/h6,8H,4-5H2,1-3H3/q-1. The zero-order chi connectivity index (χ0) is 14.5. The van der Waals surface area contributed by atoms with Gasteiger partial charge >= 0.3 is 7.60 Å². The third-order valence-corrected chi connectivity index (χ3v) is 4.33. The average Bonchev–Trinajstić information content (AvgIpc) is 2.38. The van der Waals surface area contributed by atoms with Gasteiger partial charge in [0.05, 0.1) is 31.3 Å². The van der Waals surface area contributed by atoms with Gasteiger partial charge in [0.1, 0.15) is 0 Å². The fourth-order valence-corrected chi connectivity index (χ4v) is 3.21. The Bertz CT molecular complexity index is 439. The molecule has 0 amide bonds. The van der Waals surface area contributed by atoms with Crippen molar-refractivity contribution in [3.8, 4) is 0 Å². The Labute approximate surface area is 110 Å². The van der Waals surface area contributed by atoms with Gasteiger partial charge in [-0.2, -0.15) is 0 Å². The van der Waals surface area contributed by atoms with E-state index in [4.69, 9.17) is 13.8 Å². The number of methoxy groups -OCH3 is 1. The van der Waals surface area contributed by atoms with E-state index in [2.05, 4.69) is 10.3 Å². The second-order valence-electron chi connectivity index (χ2n) is 3.31. The van der Waals surface area contributed by atoms with Crippen LogP contribution in [0.5, 0.6) is 0 Å². The Balaban J connectivity index is 3.13. The van der Waals surface area contributed by atoms with E-state index in [1.807, 2.05) is 0 Å². The molecule has 10 heteroatoms. The van der Waals surface area contributed by atoms with Gasteiger partial charge in [-0.3, -0.25) is 14.7 Å². The Morgan fingerprint density at radius 3 is 2.47 bits per heavy atom. The van der Waals surface area contributed by atoms with Gasteiger partial charge < -0.3 is 24.1 Å². The van der Waals surface area contributed by atoms with E-state index in [1.165, 1.54) is 7.11 Å². The van der Waals surface area contributed by atoms with E-state index in [1.54, 1.807) is 13.8 Å².